The predicted octanol–water partition coefficient (Wildman–Crippen LogP) is 5.06. The molecule has 2 aromatic rings. The summed E-state index contributed by atoms with van der Waals surface area (Å²) in [7, 11) is 1.26. The lowest BCUT2D eigenvalue weighted by atomic mass is 10.0. The Hall–Kier alpha value is -3.30. The van der Waals surface area contributed by atoms with Gasteiger partial charge in [-0.25, -0.2) is 9.59 Å². The number of carbonyl (C=O) groups excluding carboxylic acids is 3. The summed E-state index contributed by atoms with van der Waals surface area (Å²) in [5, 5.41) is 2.53. The van der Waals surface area contributed by atoms with Gasteiger partial charge in [0.1, 0.15) is 5.69 Å². The van der Waals surface area contributed by atoms with Crippen molar-refractivity contribution < 1.29 is 32.3 Å². The van der Waals surface area contributed by atoms with E-state index in [0.717, 1.165) is 24.3 Å². The Morgan fingerprint density at radius 3 is 2.15 bits per heavy atom. The lowest BCUT2D eigenvalue weighted by Crippen LogP contribution is -2.43. The average Bonchev–Trinajstić information content (AvgIpc) is 3.00. The Bertz CT molecular complexity index is 1040. The number of amides is 2. The largest absolute Gasteiger partial charge is 0.464 e. The molecule has 0 unspecified atom stereocenters. The maximum atomic E-state index is 13.2. The molecule has 1 N–H and O–H groups in total. The van der Waals surface area contributed by atoms with E-state index >= 15 is 0 Å². The number of anilines is 1. The van der Waals surface area contributed by atoms with Gasteiger partial charge in [-0.15, -0.1) is 0 Å². The molecule has 33 heavy (non-hydrogen) atoms. The molecule has 0 bridgehead atoms. The molecule has 180 valence electrons. The first kappa shape index (κ1) is 26.0. The number of ketones is 1. The molecule has 0 spiro atoms. The molecule has 0 aliphatic heterocycles. The normalized spacial score (nSPS) is 11.5. The minimum atomic E-state index is -4.48. The molecular formula is C23H28F3N3O4. The molecule has 1 aromatic heterocycles. The van der Waals surface area contributed by atoms with Crippen molar-refractivity contribution in [3.8, 4) is 0 Å². The number of rotatable bonds is 7. The number of methoxy groups -OCH3 is 1. The highest BCUT2D eigenvalue weighted by Crippen LogP contribution is 2.30. The summed E-state index contributed by atoms with van der Waals surface area (Å²) in [6, 6.07) is 3.04. The highest BCUT2D eigenvalue weighted by molar-refractivity contribution is 6.05. The second kappa shape index (κ2) is 10.1. The fraction of sp³-hybridized carbons (Fsp3) is 0.435. The molecule has 0 saturated carbocycles. The number of carbonyl (C=O) groups is 3. The van der Waals surface area contributed by atoms with Gasteiger partial charge >= 0.3 is 18.2 Å². The monoisotopic (exact) mass is 467 g/mol. The summed E-state index contributed by atoms with van der Waals surface area (Å²) in [5.74, 6) is -0.920. The van der Waals surface area contributed by atoms with Crippen molar-refractivity contribution in [1.82, 2.24) is 9.47 Å². The summed E-state index contributed by atoms with van der Waals surface area (Å²) in [4.78, 5) is 39.5. The van der Waals surface area contributed by atoms with Crippen molar-refractivity contribution >= 4 is 23.5 Å². The Kier molecular flexibility index (Phi) is 7.94. The Labute approximate surface area is 190 Å². The molecule has 0 atom stereocenters. The van der Waals surface area contributed by atoms with E-state index in [2.05, 4.69) is 5.32 Å². The van der Waals surface area contributed by atoms with Crippen LogP contribution in [0.1, 0.15) is 58.4 Å². The van der Waals surface area contributed by atoms with E-state index in [1.165, 1.54) is 12.0 Å². The standard InChI is InChI=1S/C23H28F3N3O4/c1-7-28-15(5)19(14(4)20(28)21(31)33-6)18(30)12-29(13(2)3)22(32)27-17-10-8-16(9-11-17)23(24,25)26/h8-11,13H,7,12H2,1-6H3,(H,27,32). The van der Waals surface area contributed by atoms with Gasteiger partial charge in [0.25, 0.3) is 0 Å². The van der Waals surface area contributed by atoms with Crippen molar-refractivity contribution in [2.24, 2.45) is 0 Å². The van der Waals surface area contributed by atoms with Crippen LogP contribution in [-0.4, -0.2) is 46.9 Å². The van der Waals surface area contributed by atoms with Gasteiger partial charge < -0.3 is 19.5 Å². The molecule has 0 radical (unpaired) electrons. The van der Waals surface area contributed by atoms with Crippen LogP contribution in [0.4, 0.5) is 23.7 Å². The smallest absolute Gasteiger partial charge is 0.416 e. The Morgan fingerprint density at radius 2 is 1.70 bits per heavy atom. The number of esters is 1. The average molecular weight is 467 g/mol. The van der Waals surface area contributed by atoms with Crippen molar-refractivity contribution in [2.45, 2.75) is 53.4 Å². The summed E-state index contributed by atoms with van der Waals surface area (Å²) >= 11 is 0. The first-order chi connectivity index (χ1) is 15.3. The number of nitrogens with one attached hydrogen (secondary N) is 1. The van der Waals surface area contributed by atoms with Crippen molar-refractivity contribution in [2.75, 3.05) is 19.0 Å². The first-order valence-electron chi connectivity index (χ1n) is 10.4. The maximum absolute atomic E-state index is 13.2. The topological polar surface area (TPSA) is 80.6 Å². The van der Waals surface area contributed by atoms with Crippen LogP contribution in [-0.2, 0) is 17.5 Å². The van der Waals surface area contributed by atoms with Crippen LogP contribution in [0.25, 0.3) is 0 Å². The van der Waals surface area contributed by atoms with E-state index < -0.39 is 23.7 Å². The van der Waals surface area contributed by atoms with Crippen LogP contribution in [0.5, 0.6) is 0 Å². The van der Waals surface area contributed by atoms with Gasteiger partial charge in [-0.2, -0.15) is 13.2 Å². The van der Waals surface area contributed by atoms with Crippen molar-refractivity contribution in [3.63, 3.8) is 0 Å². The molecule has 7 nitrogen and oxygen atoms in total. The van der Waals surface area contributed by atoms with Crippen LogP contribution in [0, 0.1) is 13.8 Å². The second-order valence-corrected chi connectivity index (χ2v) is 7.82. The van der Waals surface area contributed by atoms with Gasteiger partial charge in [0.05, 0.1) is 19.2 Å². The van der Waals surface area contributed by atoms with E-state index in [9.17, 15) is 27.6 Å². The summed E-state index contributed by atoms with van der Waals surface area (Å²) in [5.41, 5.74) is 1.02. The fourth-order valence-corrected chi connectivity index (χ4v) is 3.72. The summed E-state index contributed by atoms with van der Waals surface area (Å²) in [6.45, 7) is 8.82. The van der Waals surface area contributed by atoms with Crippen LogP contribution >= 0.6 is 0 Å². The van der Waals surface area contributed by atoms with Gasteiger partial charge in [0.15, 0.2) is 5.78 Å². The minimum Gasteiger partial charge on any atom is -0.464 e. The van der Waals surface area contributed by atoms with Crippen LogP contribution in [0.2, 0.25) is 0 Å². The molecule has 0 saturated heterocycles. The number of halogens is 3. The van der Waals surface area contributed by atoms with Gasteiger partial charge in [-0.05, 0) is 64.4 Å². The third kappa shape index (κ3) is 5.55. The third-order valence-electron chi connectivity index (χ3n) is 5.40. The van der Waals surface area contributed by atoms with E-state index in [1.807, 2.05) is 6.92 Å². The Morgan fingerprint density at radius 1 is 1.12 bits per heavy atom. The van der Waals surface area contributed by atoms with Crippen LogP contribution < -0.4 is 5.32 Å². The van der Waals surface area contributed by atoms with Crippen molar-refractivity contribution in [3.05, 3.63) is 52.3 Å². The lowest BCUT2D eigenvalue weighted by Gasteiger charge is -2.26. The molecule has 1 heterocycles. The van der Waals surface area contributed by atoms with E-state index in [0.29, 0.717) is 23.4 Å². The minimum absolute atomic E-state index is 0.170. The van der Waals surface area contributed by atoms with Crippen molar-refractivity contribution in [1.29, 1.82) is 0 Å². The highest BCUT2D eigenvalue weighted by atomic mass is 19.4. The van der Waals surface area contributed by atoms with Crippen LogP contribution in [0.3, 0.4) is 0 Å². The number of ether oxygens (including phenoxy) is 1. The van der Waals surface area contributed by atoms with Gasteiger partial charge in [0, 0.05) is 29.5 Å². The van der Waals surface area contributed by atoms with Gasteiger partial charge in [0.2, 0.25) is 0 Å². The molecule has 10 heteroatoms. The number of benzene rings is 1. The lowest BCUT2D eigenvalue weighted by molar-refractivity contribution is -0.137. The van der Waals surface area contributed by atoms with E-state index in [4.69, 9.17) is 4.74 Å². The molecule has 1 aromatic carbocycles. The molecule has 0 fully saturated rings. The number of nitrogens with zero attached hydrogens (tertiary/aromatic N) is 2. The van der Waals surface area contributed by atoms with E-state index in [-0.39, 0.29) is 29.8 Å². The number of aromatic nitrogens is 1. The Balaban J connectivity index is 2.28. The number of hydrogen-bond donors (Lipinski definition) is 1. The summed E-state index contributed by atoms with van der Waals surface area (Å²) < 4.78 is 44.8. The second-order valence-electron chi connectivity index (χ2n) is 7.82. The van der Waals surface area contributed by atoms with Gasteiger partial charge in [-0.3, -0.25) is 4.79 Å². The number of urea groups is 1. The molecular weight excluding hydrogens is 439 g/mol. The molecule has 0 aliphatic carbocycles. The zero-order valence-corrected chi connectivity index (χ0v) is 19.5. The SMILES string of the molecule is CCn1c(C)c(C(=O)CN(C(=O)Nc2ccc(C(F)(F)F)cc2)C(C)C)c(C)c1C(=O)OC. The van der Waals surface area contributed by atoms with Crippen LogP contribution in [0.15, 0.2) is 24.3 Å². The molecule has 0 aliphatic rings. The zero-order valence-electron chi connectivity index (χ0n) is 19.5. The number of alkyl halides is 3. The first-order valence-corrected chi connectivity index (χ1v) is 10.4. The predicted molar refractivity (Wildman–Crippen MR) is 118 cm³/mol. The molecule has 2 rings (SSSR count). The number of Topliss-reactive ketones (excluding diaryl/α,β-unsaturated/α-hetero) is 1. The molecule has 2 amide bonds. The summed E-state index contributed by atoms with van der Waals surface area (Å²) in [6.07, 6.45) is -4.48. The quantitative estimate of drug-likeness (QED) is 0.456. The maximum Gasteiger partial charge on any atom is 0.416 e. The highest BCUT2D eigenvalue weighted by Gasteiger charge is 2.31. The number of hydrogen-bond acceptors (Lipinski definition) is 4. The van der Waals surface area contributed by atoms with Gasteiger partial charge in [-0.1, -0.05) is 0 Å². The third-order valence-corrected chi connectivity index (χ3v) is 5.40. The fourth-order valence-electron chi connectivity index (χ4n) is 3.72. The zero-order chi connectivity index (χ0) is 25.1. The van der Waals surface area contributed by atoms with E-state index in [1.54, 1.807) is 32.3 Å².